The van der Waals surface area contributed by atoms with Crippen molar-refractivity contribution in [2.24, 2.45) is 0 Å². The Morgan fingerprint density at radius 3 is 2.43 bits per heavy atom. The summed E-state index contributed by atoms with van der Waals surface area (Å²) in [6.45, 7) is 1.02. The van der Waals surface area contributed by atoms with Crippen molar-refractivity contribution in [2.75, 3.05) is 32.6 Å². The van der Waals surface area contributed by atoms with Gasteiger partial charge in [-0.2, -0.15) is 13.2 Å². The highest BCUT2D eigenvalue weighted by Crippen LogP contribution is 2.47. The van der Waals surface area contributed by atoms with Crippen molar-refractivity contribution in [1.82, 2.24) is 0 Å². The molecular weight excluding hydrogens is 518 g/mol. The molecule has 2 rings (SSSR count). The first kappa shape index (κ1) is 28.4. The number of carbonyl (C=O) groups excluding carboxylic acids is 1. The maximum Gasteiger partial charge on any atom is 0.416 e. The molecule has 9 nitrogen and oxygen atoms in total. The summed E-state index contributed by atoms with van der Waals surface area (Å²) in [4.78, 5) is 22.0. The number of hydrogen-bond donors (Lipinski definition) is 0. The lowest BCUT2D eigenvalue weighted by molar-refractivity contribution is -0.385. The summed E-state index contributed by atoms with van der Waals surface area (Å²) in [5.74, 6) is -1.04. The minimum atomic E-state index is -4.59. The summed E-state index contributed by atoms with van der Waals surface area (Å²) in [5, 5.41) is 11.1. The number of nitrogens with zero attached hydrogens (tertiary/aromatic N) is 1. The Morgan fingerprint density at radius 2 is 1.86 bits per heavy atom. The standard InChI is InChI=1S/C21H22ClF3NO8P/c1-3-9-35(30,33-13-20(27)31-2)10-8-32-19-12-15(5-6-17(19)26(28)29)34-18-7-4-14(11-16(18)22)21(23,24)25/h4-7,11-12H,3,8-10,13H2,1-2H3. The Hall–Kier alpha value is -2.82. The Bertz CT molecular complexity index is 1110. The van der Waals surface area contributed by atoms with Crippen molar-refractivity contribution < 1.29 is 46.2 Å². The van der Waals surface area contributed by atoms with Crippen LogP contribution in [0, 0.1) is 10.1 Å². The monoisotopic (exact) mass is 539 g/mol. The van der Waals surface area contributed by atoms with E-state index in [1.165, 1.54) is 6.07 Å². The maximum absolute atomic E-state index is 12.9. The highest BCUT2D eigenvalue weighted by Gasteiger charge is 2.31. The van der Waals surface area contributed by atoms with Crippen LogP contribution in [-0.2, 0) is 24.8 Å². The van der Waals surface area contributed by atoms with Gasteiger partial charge in [0.25, 0.3) is 0 Å². The van der Waals surface area contributed by atoms with Gasteiger partial charge in [0.1, 0.15) is 11.5 Å². The molecule has 2 aromatic carbocycles. The number of ether oxygens (including phenoxy) is 3. The average molecular weight is 540 g/mol. The smallest absolute Gasteiger partial charge is 0.416 e. The fourth-order valence-electron chi connectivity index (χ4n) is 2.82. The van der Waals surface area contributed by atoms with Gasteiger partial charge in [0.15, 0.2) is 6.61 Å². The molecule has 0 aliphatic rings. The number of hydrogen-bond acceptors (Lipinski definition) is 8. The number of carbonyl (C=O) groups is 1. The number of benzene rings is 2. The van der Waals surface area contributed by atoms with E-state index in [0.29, 0.717) is 12.5 Å². The molecule has 2 aromatic rings. The lowest BCUT2D eigenvalue weighted by Gasteiger charge is -2.18. The van der Waals surface area contributed by atoms with Gasteiger partial charge in [-0.05, 0) is 30.7 Å². The zero-order chi connectivity index (χ0) is 26.2. The first-order valence-corrected chi connectivity index (χ1v) is 12.5. The molecule has 1 atom stereocenters. The van der Waals surface area contributed by atoms with Crippen LogP contribution in [0.15, 0.2) is 36.4 Å². The van der Waals surface area contributed by atoms with Gasteiger partial charge in [0.2, 0.25) is 13.1 Å². The molecule has 0 bridgehead atoms. The van der Waals surface area contributed by atoms with E-state index in [0.717, 1.165) is 31.4 Å². The van der Waals surface area contributed by atoms with Crippen molar-refractivity contribution in [3.8, 4) is 17.2 Å². The molecule has 0 N–H and O–H groups in total. The van der Waals surface area contributed by atoms with Gasteiger partial charge in [-0.1, -0.05) is 18.5 Å². The molecule has 35 heavy (non-hydrogen) atoms. The van der Waals surface area contributed by atoms with E-state index in [9.17, 15) is 32.6 Å². The van der Waals surface area contributed by atoms with Crippen molar-refractivity contribution in [3.05, 3.63) is 57.1 Å². The predicted molar refractivity (Wildman–Crippen MR) is 121 cm³/mol. The van der Waals surface area contributed by atoms with Gasteiger partial charge < -0.3 is 18.7 Å². The van der Waals surface area contributed by atoms with Gasteiger partial charge >= 0.3 is 17.8 Å². The highest BCUT2D eigenvalue weighted by molar-refractivity contribution is 7.59. The second-order valence-electron chi connectivity index (χ2n) is 7.09. The molecule has 0 amide bonds. The maximum atomic E-state index is 12.9. The van der Waals surface area contributed by atoms with E-state index in [1.54, 1.807) is 6.92 Å². The predicted octanol–water partition coefficient (Wildman–Crippen LogP) is 6.32. The Labute approximate surface area is 203 Å². The van der Waals surface area contributed by atoms with Gasteiger partial charge in [0.05, 0.1) is 35.4 Å². The third kappa shape index (κ3) is 8.41. The largest absolute Gasteiger partial charge is 0.486 e. The van der Waals surface area contributed by atoms with E-state index in [-0.39, 0.29) is 41.2 Å². The van der Waals surface area contributed by atoms with Gasteiger partial charge in [-0.25, -0.2) is 4.79 Å². The number of methoxy groups -OCH3 is 1. The Balaban J connectivity index is 2.18. The summed E-state index contributed by atoms with van der Waals surface area (Å²) in [7, 11) is -2.13. The number of halogens is 4. The summed E-state index contributed by atoms with van der Waals surface area (Å²) in [6, 6.07) is 5.96. The van der Waals surface area contributed by atoms with Crippen LogP contribution < -0.4 is 9.47 Å². The van der Waals surface area contributed by atoms with E-state index < -0.39 is 42.3 Å². The molecule has 0 fully saturated rings. The van der Waals surface area contributed by atoms with E-state index in [4.69, 9.17) is 25.6 Å². The van der Waals surface area contributed by atoms with Crippen molar-refractivity contribution in [2.45, 2.75) is 19.5 Å². The first-order valence-electron chi connectivity index (χ1n) is 10.1. The van der Waals surface area contributed by atoms with Gasteiger partial charge in [0, 0.05) is 18.3 Å². The quantitative estimate of drug-likeness (QED) is 0.133. The Morgan fingerprint density at radius 1 is 1.14 bits per heavy atom. The minimum absolute atomic E-state index is 0.00550. The molecule has 1 unspecified atom stereocenters. The molecule has 0 aliphatic carbocycles. The second-order valence-corrected chi connectivity index (χ2v) is 10.3. The number of nitro groups is 1. The van der Waals surface area contributed by atoms with Crippen LogP contribution in [0.1, 0.15) is 18.9 Å². The molecule has 0 heterocycles. The lowest BCUT2D eigenvalue weighted by atomic mass is 10.2. The summed E-state index contributed by atoms with van der Waals surface area (Å²) in [6.07, 6.45) is -4.07. The molecule has 0 spiro atoms. The van der Waals surface area contributed by atoms with Crippen LogP contribution in [-0.4, -0.2) is 43.5 Å². The zero-order valence-corrected chi connectivity index (χ0v) is 20.3. The number of nitro benzene ring substituents is 1. The number of rotatable bonds is 12. The van der Waals surface area contributed by atoms with Crippen LogP contribution in [0.5, 0.6) is 17.2 Å². The van der Waals surface area contributed by atoms with E-state index in [1.807, 2.05) is 0 Å². The lowest BCUT2D eigenvalue weighted by Crippen LogP contribution is -2.14. The normalized spacial score (nSPS) is 13.1. The van der Waals surface area contributed by atoms with Crippen molar-refractivity contribution in [3.63, 3.8) is 0 Å². The van der Waals surface area contributed by atoms with Crippen LogP contribution in [0.4, 0.5) is 18.9 Å². The molecule has 0 saturated heterocycles. The fourth-order valence-corrected chi connectivity index (χ4v) is 4.91. The summed E-state index contributed by atoms with van der Waals surface area (Å²) < 4.78 is 72.1. The molecule has 0 saturated carbocycles. The highest BCUT2D eigenvalue weighted by atomic mass is 35.5. The van der Waals surface area contributed by atoms with Crippen LogP contribution >= 0.6 is 19.0 Å². The third-order valence-corrected chi connectivity index (χ3v) is 7.40. The molecule has 0 aromatic heterocycles. The Kier molecular flexibility index (Phi) is 9.93. The summed E-state index contributed by atoms with van der Waals surface area (Å²) in [5.41, 5.74) is -1.38. The zero-order valence-electron chi connectivity index (χ0n) is 18.7. The number of esters is 1. The average Bonchev–Trinajstić information content (AvgIpc) is 2.78. The molecule has 192 valence electrons. The molecule has 0 radical (unpaired) electrons. The topological polar surface area (TPSA) is 114 Å². The van der Waals surface area contributed by atoms with Gasteiger partial charge in [-0.3, -0.25) is 14.7 Å². The second kappa shape index (κ2) is 12.2. The fraction of sp³-hybridized carbons (Fsp3) is 0.381. The molecule has 14 heteroatoms. The van der Waals surface area contributed by atoms with Gasteiger partial charge in [-0.15, -0.1) is 0 Å². The van der Waals surface area contributed by atoms with E-state index in [2.05, 4.69) is 4.74 Å². The van der Waals surface area contributed by atoms with Crippen molar-refractivity contribution in [1.29, 1.82) is 0 Å². The number of alkyl halides is 3. The third-order valence-electron chi connectivity index (χ3n) is 4.51. The van der Waals surface area contributed by atoms with Crippen LogP contribution in [0.2, 0.25) is 5.02 Å². The first-order chi connectivity index (χ1) is 16.4. The van der Waals surface area contributed by atoms with E-state index >= 15 is 0 Å². The molecular formula is C21H22ClF3NO8P. The molecule has 0 aliphatic heterocycles. The minimum Gasteiger partial charge on any atom is -0.486 e. The van der Waals surface area contributed by atoms with Crippen molar-refractivity contribution >= 4 is 30.6 Å². The van der Waals surface area contributed by atoms with Crippen LogP contribution in [0.3, 0.4) is 0 Å². The summed E-state index contributed by atoms with van der Waals surface area (Å²) >= 11 is 5.89. The van der Waals surface area contributed by atoms with Crippen LogP contribution in [0.25, 0.3) is 0 Å². The SMILES string of the molecule is CCCP(=O)(CCOc1cc(Oc2ccc(C(F)(F)F)cc2Cl)ccc1[N+](=O)[O-])OCC(=O)OC.